The number of hydrogen-bond donors (Lipinski definition) is 0. The van der Waals surface area contributed by atoms with E-state index in [-0.39, 0.29) is 5.69 Å². The lowest BCUT2D eigenvalue weighted by atomic mass is 10.2. The average molecular weight is 313 g/mol. The van der Waals surface area contributed by atoms with Gasteiger partial charge >= 0.3 is 6.41 Å². The highest BCUT2D eigenvalue weighted by molar-refractivity contribution is 5.96. The average Bonchev–Trinajstić information content (AvgIpc) is 3.00. The van der Waals surface area contributed by atoms with Gasteiger partial charge < -0.3 is 9.47 Å². The molecule has 0 aliphatic carbocycles. The second-order valence-corrected chi connectivity index (χ2v) is 4.77. The molecule has 0 aromatic heterocycles. The molecule has 1 atom stereocenters. The number of nitro benzene ring substituents is 1. The molecule has 118 valence electrons. The van der Waals surface area contributed by atoms with E-state index in [4.69, 9.17) is 9.47 Å². The summed E-state index contributed by atoms with van der Waals surface area (Å²) in [7, 11) is 0. The van der Waals surface area contributed by atoms with Gasteiger partial charge in [-0.15, -0.1) is 5.10 Å². The van der Waals surface area contributed by atoms with E-state index < -0.39 is 11.3 Å². The Morgan fingerprint density at radius 2 is 1.91 bits per heavy atom. The van der Waals surface area contributed by atoms with Gasteiger partial charge in [0.2, 0.25) is 5.90 Å². The van der Waals surface area contributed by atoms with Crippen molar-refractivity contribution in [1.29, 1.82) is 0 Å². The predicted molar refractivity (Wildman–Crippen MR) is 85.1 cm³/mol. The highest BCUT2D eigenvalue weighted by atomic mass is 16.7. The maximum atomic E-state index is 10.8. The summed E-state index contributed by atoms with van der Waals surface area (Å²) in [5, 5.41) is 16.8. The third kappa shape index (κ3) is 3.14. The van der Waals surface area contributed by atoms with Crippen LogP contribution in [0.15, 0.2) is 59.7 Å². The van der Waals surface area contributed by atoms with E-state index in [1.807, 2.05) is 37.3 Å². The summed E-state index contributed by atoms with van der Waals surface area (Å²) in [5.41, 5.74) is 1.51. The van der Waals surface area contributed by atoms with Crippen LogP contribution in [0.3, 0.4) is 0 Å². The summed E-state index contributed by atoms with van der Waals surface area (Å²) in [6.45, 7) is 2.31. The molecular formula is C16H15N3O4. The lowest BCUT2D eigenvalue weighted by molar-refractivity contribution is -0.384. The van der Waals surface area contributed by atoms with E-state index in [0.29, 0.717) is 18.2 Å². The Balaban J connectivity index is 1.90. The molecule has 0 spiro atoms. The van der Waals surface area contributed by atoms with Crippen molar-refractivity contribution in [2.45, 2.75) is 13.3 Å². The highest BCUT2D eigenvalue weighted by Crippen LogP contribution is 2.27. The van der Waals surface area contributed by atoms with Gasteiger partial charge in [0, 0.05) is 24.3 Å². The van der Waals surface area contributed by atoms with Crippen molar-refractivity contribution in [2.75, 3.05) is 11.6 Å². The van der Waals surface area contributed by atoms with E-state index in [9.17, 15) is 10.1 Å². The zero-order chi connectivity index (χ0) is 16.2. The van der Waals surface area contributed by atoms with E-state index in [1.165, 1.54) is 12.1 Å². The number of ether oxygens (including phenoxy) is 2. The second kappa shape index (κ2) is 6.45. The quantitative estimate of drug-likeness (QED) is 0.626. The summed E-state index contributed by atoms with van der Waals surface area (Å²) in [6.07, 6.45) is -0.698. The Morgan fingerprint density at radius 3 is 2.52 bits per heavy atom. The second-order valence-electron chi connectivity index (χ2n) is 4.77. The topological polar surface area (TPSA) is 77.2 Å². The fourth-order valence-corrected chi connectivity index (χ4v) is 2.17. The zero-order valence-corrected chi connectivity index (χ0v) is 12.5. The molecule has 23 heavy (non-hydrogen) atoms. The zero-order valence-electron chi connectivity index (χ0n) is 12.5. The Bertz CT molecular complexity index is 716. The molecule has 3 rings (SSSR count). The molecule has 2 aromatic carbocycles. The largest absolute Gasteiger partial charge is 0.425 e. The van der Waals surface area contributed by atoms with Crippen LogP contribution in [0.5, 0.6) is 0 Å². The van der Waals surface area contributed by atoms with Crippen molar-refractivity contribution in [1.82, 2.24) is 0 Å². The smallest absolute Gasteiger partial charge is 0.305 e. The first-order valence-corrected chi connectivity index (χ1v) is 7.15. The van der Waals surface area contributed by atoms with Crippen LogP contribution in [-0.2, 0) is 9.47 Å². The summed E-state index contributed by atoms with van der Waals surface area (Å²) in [4.78, 5) is 10.3. The first-order valence-electron chi connectivity index (χ1n) is 7.15. The number of nitro groups is 1. The van der Waals surface area contributed by atoms with Crippen molar-refractivity contribution >= 4 is 17.3 Å². The van der Waals surface area contributed by atoms with Gasteiger partial charge in [0.25, 0.3) is 5.69 Å². The van der Waals surface area contributed by atoms with E-state index >= 15 is 0 Å². The van der Waals surface area contributed by atoms with Crippen LogP contribution in [0, 0.1) is 10.1 Å². The van der Waals surface area contributed by atoms with Crippen LogP contribution in [0.4, 0.5) is 11.4 Å². The summed E-state index contributed by atoms with van der Waals surface area (Å²) >= 11 is 0. The maximum Gasteiger partial charge on any atom is 0.305 e. The van der Waals surface area contributed by atoms with E-state index in [1.54, 1.807) is 17.1 Å². The Morgan fingerprint density at radius 1 is 1.22 bits per heavy atom. The molecule has 1 unspecified atom stereocenters. The SMILES string of the molecule is CCOC1OC(c2ccccc2)=NN1c1ccc([N+](=O)[O-])cc1. The molecule has 1 aliphatic heterocycles. The number of hydrazone groups is 1. The number of anilines is 1. The summed E-state index contributed by atoms with van der Waals surface area (Å²) in [6, 6.07) is 15.6. The van der Waals surface area contributed by atoms with Gasteiger partial charge in [-0.2, -0.15) is 5.01 Å². The van der Waals surface area contributed by atoms with Gasteiger partial charge in [-0.1, -0.05) is 18.2 Å². The highest BCUT2D eigenvalue weighted by Gasteiger charge is 2.30. The molecule has 0 bridgehead atoms. The van der Waals surface area contributed by atoms with Crippen molar-refractivity contribution in [3.8, 4) is 0 Å². The Labute approximate surface area is 132 Å². The molecular weight excluding hydrogens is 298 g/mol. The Hall–Kier alpha value is -2.93. The first-order chi connectivity index (χ1) is 11.2. The summed E-state index contributed by atoms with van der Waals surface area (Å²) < 4.78 is 11.3. The molecule has 0 radical (unpaired) electrons. The first kappa shape index (κ1) is 15.0. The molecule has 0 amide bonds. The lowest BCUT2D eigenvalue weighted by Crippen LogP contribution is -2.30. The van der Waals surface area contributed by atoms with Gasteiger partial charge in [0.1, 0.15) is 0 Å². The van der Waals surface area contributed by atoms with Crippen LogP contribution < -0.4 is 5.01 Å². The maximum absolute atomic E-state index is 10.8. The minimum atomic E-state index is -0.698. The molecule has 1 aliphatic rings. The van der Waals surface area contributed by atoms with Crippen LogP contribution in [0.25, 0.3) is 0 Å². The van der Waals surface area contributed by atoms with Gasteiger partial charge in [-0.25, -0.2) is 0 Å². The molecule has 2 aromatic rings. The monoisotopic (exact) mass is 313 g/mol. The molecule has 7 nitrogen and oxygen atoms in total. The van der Waals surface area contributed by atoms with E-state index in [2.05, 4.69) is 5.10 Å². The normalized spacial score (nSPS) is 16.8. The number of nitrogens with zero attached hydrogens (tertiary/aromatic N) is 3. The van der Waals surface area contributed by atoms with E-state index in [0.717, 1.165) is 5.56 Å². The Kier molecular flexibility index (Phi) is 4.20. The fraction of sp³-hybridized carbons (Fsp3) is 0.188. The fourth-order valence-electron chi connectivity index (χ4n) is 2.17. The predicted octanol–water partition coefficient (Wildman–Crippen LogP) is 3.11. The molecule has 0 saturated carbocycles. The van der Waals surface area contributed by atoms with Gasteiger partial charge in [-0.3, -0.25) is 10.1 Å². The van der Waals surface area contributed by atoms with Crippen LogP contribution in [0.1, 0.15) is 12.5 Å². The molecule has 1 heterocycles. The minimum Gasteiger partial charge on any atom is -0.425 e. The summed E-state index contributed by atoms with van der Waals surface area (Å²) in [5.74, 6) is 0.447. The van der Waals surface area contributed by atoms with Gasteiger partial charge in [0.05, 0.1) is 10.6 Å². The van der Waals surface area contributed by atoms with Crippen molar-refractivity contribution < 1.29 is 14.4 Å². The third-order valence-electron chi connectivity index (χ3n) is 3.27. The minimum absolute atomic E-state index is 0.0223. The molecule has 7 heteroatoms. The van der Waals surface area contributed by atoms with Crippen molar-refractivity contribution in [3.63, 3.8) is 0 Å². The van der Waals surface area contributed by atoms with Crippen molar-refractivity contribution in [2.24, 2.45) is 5.10 Å². The van der Waals surface area contributed by atoms with Gasteiger partial charge in [-0.05, 0) is 31.2 Å². The third-order valence-corrected chi connectivity index (χ3v) is 3.27. The van der Waals surface area contributed by atoms with Crippen molar-refractivity contribution in [3.05, 3.63) is 70.3 Å². The molecule has 0 fully saturated rings. The standard InChI is InChI=1S/C16H15N3O4/c1-2-22-16-18(13-8-10-14(11-9-13)19(20)21)17-15(23-16)12-6-4-3-5-7-12/h3-11,16H,2H2,1H3. The number of rotatable bonds is 5. The lowest BCUT2D eigenvalue weighted by Gasteiger charge is -2.21. The van der Waals surface area contributed by atoms with Crippen LogP contribution in [-0.4, -0.2) is 23.8 Å². The van der Waals surface area contributed by atoms with Crippen LogP contribution >= 0.6 is 0 Å². The molecule has 0 N–H and O–H groups in total. The van der Waals surface area contributed by atoms with Gasteiger partial charge in [0.15, 0.2) is 0 Å². The molecule has 0 saturated heterocycles. The van der Waals surface area contributed by atoms with Crippen LogP contribution in [0.2, 0.25) is 0 Å². The number of non-ortho nitro benzene ring substituents is 1. The number of benzene rings is 2. The number of hydrogen-bond acceptors (Lipinski definition) is 6.